The number of rotatable bonds is 4. The number of aromatic nitrogens is 1. The van der Waals surface area contributed by atoms with Crippen molar-refractivity contribution in [2.24, 2.45) is 5.73 Å². The smallest absolute Gasteiger partial charge is 0.0965 e. The Hall–Kier alpha value is -1.03. The second kappa shape index (κ2) is 5.00. The van der Waals surface area contributed by atoms with Crippen molar-refractivity contribution < 1.29 is 0 Å². The lowest BCUT2D eigenvalue weighted by Gasteiger charge is -2.03. The Morgan fingerprint density at radius 2 is 2.21 bits per heavy atom. The standard InChI is InChI=1S/C10H15N3S/c1-7-5-8(2)13-10(6-7)14-4-3-9(11)12/h5-6H,3-4H2,1-2H3,(H3,11,12). The van der Waals surface area contributed by atoms with Gasteiger partial charge >= 0.3 is 0 Å². The molecule has 0 saturated carbocycles. The lowest BCUT2D eigenvalue weighted by Crippen LogP contribution is -2.09. The summed E-state index contributed by atoms with van der Waals surface area (Å²) >= 11 is 1.65. The number of aryl methyl sites for hydroxylation is 2. The van der Waals surface area contributed by atoms with E-state index in [-0.39, 0.29) is 5.84 Å². The molecule has 1 aromatic heterocycles. The highest BCUT2D eigenvalue weighted by Crippen LogP contribution is 2.18. The molecule has 3 N–H and O–H groups in total. The number of pyridine rings is 1. The van der Waals surface area contributed by atoms with E-state index in [0.29, 0.717) is 6.42 Å². The van der Waals surface area contributed by atoms with Gasteiger partial charge in [-0.2, -0.15) is 0 Å². The summed E-state index contributed by atoms with van der Waals surface area (Å²) in [5.41, 5.74) is 7.53. The van der Waals surface area contributed by atoms with Crippen molar-refractivity contribution >= 4 is 17.6 Å². The van der Waals surface area contributed by atoms with Crippen LogP contribution in [0.5, 0.6) is 0 Å². The molecule has 0 unspecified atom stereocenters. The summed E-state index contributed by atoms with van der Waals surface area (Å²) in [7, 11) is 0. The Bertz CT molecular complexity index is 316. The number of hydrogen-bond acceptors (Lipinski definition) is 3. The van der Waals surface area contributed by atoms with Crippen LogP contribution in [0.3, 0.4) is 0 Å². The summed E-state index contributed by atoms with van der Waals surface area (Å²) in [5.74, 6) is 1.06. The van der Waals surface area contributed by atoms with Gasteiger partial charge in [-0.3, -0.25) is 5.41 Å². The fraction of sp³-hybridized carbons (Fsp3) is 0.400. The third-order valence-corrected chi connectivity index (χ3v) is 2.61. The van der Waals surface area contributed by atoms with Crippen LogP contribution < -0.4 is 5.73 Å². The average molecular weight is 209 g/mol. The largest absolute Gasteiger partial charge is 0.388 e. The number of nitrogens with one attached hydrogen (secondary N) is 1. The van der Waals surface area contributed by atoms with Gasteiger partial charge in [0.25, 0.3) is 0 Å². The van der Waals surface area contributed by atoms with Gasteiger partial charge in [0.1, 0.15) is 0 Å². The molecule has 0 aliphatic heterocycles. The Kier molecular flexibility index (Phi) is 3.95. The number of hydrogen-bond donors (Lipinski definition) is 2. The van der Waals surface area contributed by atoms with E-state index in [2.05, 4.69) is 24.0 Å². The zero-order valence-corrected chi connectivity index (χ0v) is 9.32. The van der Waals surface area contributed by atoms with E-state index in [1.54, 1.807) is 11.8 Å². The number of amidine groups is 1. The molecule has 76 valence electrons. The maximum atomic E-state index is 7.09. The molecule has 0 spiro atoms. The van der Waals surface area contributed by atoms with E-state index in [4.69, 9.17) is 11.1 Å². The third-order valence-electron chi connectivity index (χ3n) is 1.70. The predicted octanol–water partition coefficient (Wildman–Crippen LogP) is 2.12. The summed E-state index contributed by atoms with van der Waals surface area (Å²) in [5, 5.41) is 8.11. The molecule has 0 aliphatic carbocycles. The van der Waals surface area contributed by atoms with Gasteiger partial charge in [-0.15, -0.1) is 11.8 Å². The molecule has 1 aromatic rings. The van der Waals surface area contributed by atoms with Crippen LogP contribution in [0.4, 0.5) is 0 Å². The minimum Gasteiger partial charge on any atom is -0.388 e. The van der Waals surface area contributed by atoms with Crippen molar-refractivity contribution in [2.45, 2.75) is 25.3 Å². The molecule has 0 saturated heterocycles. The Morgan fingerprint density at radius 1 is 1.50 bits per heavy atom. The van der Waals surface area contributed by atoms with Crippen molar-refractivity contribution in [3.05, 3.63) is 23.4 Å². The van der Waals surface area contributed by atoms with E-state index in [1.807, 2.05) is 6.92 Å². The minimum atomic E-state index is 0.238. The second-order valence-corrected chi connectivity index (χ2v) is 4.36. The van der Waals surface area contributed by atoms with Crippen LogP contribution in [0.25, 0.3) is 0 Å². The zero-order valence-electron chi connectivity index (χ0n) is 8.50. The first kappa shape index (κ1) is 11.0. The molecule has 4 heteroatoms. The van der Waals surface area contributed by atoms with Gasteiger partial charge in [0.05, 0.1) is 10.9 Å². The van der Waals surface area contributed by atoms with E-state index >= 15 is 0 Å². The van der Waals surface area contributed by atoms with Crippen molar-refractivity contribution in [1.82, 2.24) is 4.98 Å². The van der Waals surface area contributed by atoms with E-state index in [9.17, 15) is 0 Å². The molecule has 3 nitrogen and oxygen atoms in total. The third kappa shape index (κ3) is 3.79. The molecular weight excluding hydrogens is 194 g/mol. The Balaban J connectivity index is 2.54. The van der Waals surface area contributed by atoms with Crippen LogP contribution in [-0.2, 0) is 0 Å². The van der Waals surface area contributed by atoms with Gasteiger partial charge < -0.3 is 5.73 Å². The van der Waals surface area contributed by atoms with Crippen LogP contribution >= 0.6 is 11.8 Å². The summed E-state index contributed by atoms with van der Waals surface area (Å²) in [6.07, 6.45) is 0.624. The van der Waals surface area contributed by atoms with Crippen molar-refractivity contribution in [3.8, 4) is 0 Å². The normalized spacial score (nSPS) is 10.1. The van der Waals surface area contributed by atoms with Crippen LogP contribution in [-0.4, -0.2) is 16.6 Å². The molecule has 0 radical (unpaired) electrons. The molecule has 0 aliphatic rings. The molecule has 0 bridgehead atoms. The van der Waals surface area contributed by atoms with E-state index in [1.165, 1.54) is 5.56 Å². The first-order valence-electron chi connectivity index (χ1n) is 4.49. The van der Waals surface area contributed by atoms with Crippen molar-refractivity contribution in [1.29, 1.82) is 5.41 Å². The average Bonchev–Trinajstić information content (AvgIpc) is 2.01. The van der Waals surface area contributed by atoms with Gasteiger partial charge in [0, 0.05) is 17.9 Å². The van der Waals surface area contributed by atoms with E-state index in [0.717, 1.165) is 16.5 Å². The number of nitrogens with zero attached hydrogens (tertiary/aromatic N) is 1. The number of nitrogens with two attached hydrogens (primary N) is 1. The maximum absolute atomic E-state index is 7.09. The second-order valence-electron chi connectivity index (χ2n) is 3.25. The first-order valence-corrected chi connectivity index (χ1v) is 5.47. The highest BCUT2D eigenvalue weighted by atomic mass is 32.2. The molecule has 0 atom stereocenters. The van der Waals surface area contributed by atoms with Gasteiger partial charge in [-0.05, 0) is 31.5 Å². The fourth-order valence-electron chi connectivity index (χ4n) is 1.14. The SMILES string of the molecule is Cc1cc(C)nc(SCCC(=N)N)c1. The Labute approximate surface area is 88.6 Å². The first-order chi connectivity index (χ1) is 6.58. The molecule has 1 heterocycles. The van der Waals surface area contributed by atoms with Crippen LogP contribution in [0.15, 0.2) is 17.2 Å². The molecule has 14 heavy (non-hydrogen) atoms. The summed E-state index contributed by atoms with van der Waals surface area (Å²) in [6.45, 7) is 4.05. The number of thioether (sulfide) groups is 1. The fourth-order valence-corrected chi connectivity index (χ4v) is 2.15. The molecule has 0 amide bonds. The monoisotopic (exact) mass is 209 g/mol. The highest BCUT2D eigenvalue weighted by Gasteiger charge is 1.99. The van der Waals surface area contributed by atoms with Crippen LogP contribution in [0.2, 0.25) is 0 Å². The quantitative estimate of drug-likeness (QED) is 0.453. The predicted molar refractivity (Wildman–Crippen MR) is 61.0 cm³/mol. The van der Waals surface area contributed by atoms with E-state index < -0.39 is 0 Å². The summed E-state index contributed by atoms with van der Waals surface area (Å²) in [6, 6.07) is 4.10. The molecular formula is C10H15N3S. The van der Waals surface area contributed by atoms with Gasteiger partial charge in [0.2, 0.25) is 0 Å². The molecule has 1 rings (SSSR count). The van der Waals surface area contributed by atoms with Gasteiger partial charge in [-0.1, -0.05) is 0 Å². The zero-order chi connectivity index (χ0) is 10.6. The highest BCUT2D eigenvalue weighted by molar-refractivity contribution is 7.99. The van der Waals surface area contributed by atoms with Crippen LogP contribution in [0, 0.1) is 19.3 Å². The topological polar surface area (TPSA) is 62.8 Å². The molecule has 0 aromatic carbocycles. The maximum Gasteiger partial charge on any atom is 0.0965 e. The summed E-state index contributed by atoms with van der Waals surface area (Å²) in [4.78, 5) is 4.38. The molecule has 0 fully saturated rings. The lowest BCUT2D eigenvalue weighted by atomic mass is 10.3. The lowest BCUT2D eigenvalue weighted by molar-refractivity contribution is 1.04. The van der Waals surface area contributed by atoms with Crippen LogP contribution in [0.1, 0.15) is 17.7 Å². The van der Waals surface area contributed by atoms with Gasteiger partial charge in [0.15, 0.2) is 0 Å². The van der Waals surface area contributed by atoms with Crippen molar-refractivity contribution in [3.63, 3.8) is 0 Å². The van der Waals surface area contributed by atoms with Gasteiger partial charge in [-0.25, -0.2) is 4.98 Å². The minimum absolute atomic E-state index is 0.238. The Morgan fingerprint density at radius 3 is 2.79 bits per heavy atom. The summed E-state index contributed by atoms with van der Waals surface area (Å²) < 4.78 is 0. The van der Waals surface area contributed by atoms with Crippen molar-refractivity contribution in [2.75, 3.05) is 5.75 Å².